The van der Waals surface area contributed by atoms with Crippen molar-refractivity contribution in [2.75, 3.05) is 11.5 Å². The van der Waals surface area contributed by atoms with Gasteiger partial charge < -0.3 is 41.4 Å². The van der Waals surface area contributed by atoms with Gasteiger partial charge in [-0.25, -0.2) is 19.0 Å². The third-order valence-electron chi connectivity index (χ3n) is 8.95. The third kappa shape index (κ3) is 10.7. The number of aliphatic carboxylic acids is 2. The first-order valence-corrected chi connectivity index (χ1v) is 21.4. The predicted octanol–water partition coefficient (Wildman–Crippen LogP) is 6.23. The summed E-state index contributed by atoms with van der Waals surface area (Å²) in [7, 11) is 0. The van der Waals surface area contributed by atoms with Crippen molar-refractivity contribution >= 4 is 105 Å². The highest BCUT2D eigenvalue weighted by atomic mass is 32.2. The molecule has 0 aliphatic heterocycles. The fraction of sp³-hybridized carbons (Fsp3) is 0.263. The van der Waals surface area contributed by atoms with Gasteiger partial charge in [-0.05, 0) is 24.3 Å². The minimum absolute atomic E-state index is 0.00846. The van der Waals surface area contributed by atoms with E-state index in [1.807, 2.05) is 20.8 Å². The van der Waals surface area contributed by atoms with Gasteiger partial charge in [0.25, 0.3) is 23.2 Å². The van der Waals surface area contributed by atoms with Crippen LogP contribution < -0.4 is 20.9 Å². The van der Waals surface area contributed by atoms with Gasteiger partial charge in [0, 0.05) is 23.0 Å². The van der Waals surface area contributed by atoms with Crippen LogP contribution in [0.2, 0.25) is 0 Å². The van der Waals surface area contributed by atoms with E-state index < -0.39 is 45.9 Å². The van der Waals surface area contributed by atoms with Crippen molar-refractivity contribution in [1.82, 2.24) is 40.0 Å². The van der Waals surface area contributed by atoms with Crippen LogP contribution in [0.15, 0.2) is 61.2 Å². The molecule has 2 unspecified atom stereocenters. The number of ether oxygens (including phenoxy) is 2. The Bertz CT molecular complexity index is 3000. The average Bonchev–Trinajstić information content (AvgIpc) is 4.04. The summed E-state index contributed by atoms with van der Waals surface area (Å²) >= 11 is 1.98. The summed E-state index contributed by atoms with van der Waals surface area (Å²) < 4.78 is 12.1. The van der Waals surface area contributed by atoms with Crippen LogP contribution in [0.4, 0.5) is 33.3 Å². The number of thioether (sulfide) groups is 1. The van der Waals surface area contributed by atoms with Crippen LogP contribution in [0.25, 0.3) is 11.4 Å². The Morgan fingerprint density at radius 1 is 0.657 bits per heavy atom. The van der Waals surface area contributed by atoms with Crippen LogP contribution >= 0.6 is 34.4 Å². The predicted molar refractivity (Wildman–Crippen MR) is 236 cm³/mol. The lowest BCUT2D eigenvalue weighted by atomic mass is 9.91. The molecule has 0 aliphatic carbocycles. The topological polar surface area (TPSA) is 390 Å². The van der Waals surface area contributed by atoms with Gasteiger partial charge >= 0.3 is 23.9 Å². The van der Waals surface area contributed by atoms with E-state index in [-0.39, 0.29) is 89.6 Å². The number of hydrogen-bond donors (Lipinski definition) is 6. The summed E-state index contributed by atoms with van der Waals surface area (Å²) in [6.07, 6.45) is 0. The Morgan fingerprint density at radius 2 is 1.10 bits per heavy atom. The van der Waals surface area contributed by atoms with Gasteiger partial charge in [0.2, 0.25) is 0 Å². The maximum absolute atomic E-state index is 12.7. The van der Waals surface area contributed by atoms with Crippen molar-refractivity contribution in [2.24, 2.45) is 20.5 Å². The van der Waals surface area contributed by atoms with Gasteiger partial charge in [0.1, 0.15) is 27.7 Å². The maximum atomic E-state index is 12.7. The van der Waals surface area contributed by atoms with E-state index in [4.69, 9.17) is 20.9 Å². The molecule has 4 heterocycles. The molecule has 2 aromatic carbocycles. The molecule has 6 rings (SSSR count). The van der Waals surface area contributed by atoms with Crippen molar-refractivity contribution < 1.29 is 58.7 Å². The van der Waals surface area contributed by atoms with Gasteiger partial charge in [0.15, 0.2) is 27.4 Å². The fourth-order valence-electron chi connectivity index (χ4n) is 5.96. The molecule has 4 aromatic heterocycles. The minimum Gasteiger partial charge on any atom is -0.481 e. The molecule has 0 radical (unpaired) electrons. The quantitative estimate of drug-likeness (QED) is 0.0315. The summed E-state index contributed by atoms with van der Waals surface area (Å²) in [6.45, 7) is 11.1. The number of hydrogen-bond acceptors (Lipinski definition) is 23. The molecule has 0 saturated heterocycles. The van der Waals surface area contributed by atoms with Crippen molar-refractivity contribution in [3.05, 3.63) is 63.9 Å². The summed E-state index contributed by atoms with van der Waals surface area (Å²) in [6, 6.07) is 7.46. The molecule has 0 spiro atoms. The number of carboxylic acids is 4. The third-order valence-corrected chi connectivity index (χ3v) is 12.0. The molecule has 0 bridgehead atoms. The molecule has 348 valence electrons. The minimum atomic E-state index is -1.79. The van der Waals surface area contributed by atoms with E-state index in [9.17, 15) is 49.2 Å². The van der Waals surface area contributed by atoms with Crippen LogP contribution in [0, 0.1) is 0 Å². The van der Waals surface area contributed by atoms with Crippen LogP contribution in [0.5, 0.6) is 11.5 Å². The number of carboxylic acid groups (broad SMARTS) is 4. The van der Waals surface area contributed by atoms with E-state index in [2.05, 4.69) is 51.0 Å². The number of carbonyl (C=O) groups is 6. The smallest absolute Gasteiger partial charge is 0.335 e. The van der Waals surface area contributed by atoms with Crippen LogP contribution in [0.1, 0.15) is 84.6 Å². The zero-order valence-corrected chi connectivity index (χ0v) is 38.0. The first-order chi connectivity index (χ1) is 31.5. The molecule has 2 atom stereocenters. The molecule has 0 amide bonds. The highest BCUT2D eigenvalue weighted by Crippen LogP contribution is 2.43. The highest BCUT2D eigenvalue weighted by Gasteiger charge is 2.40. The number of aromatic nitrogens is 8. The second-order valence-corrected chi connectivity index (χ2v) is 19.2. The monoisotopic (exact) mass is 976 g/mol. The van der Waals surface area contributed by atoms with Crippen molar-refractivity contribution in [1.29, 1.82) is 0 Å². The molecule has 0 fully saturated rings. The number of carbonyl (C=O) groups excluding carboxylic acids is 2. The van der Waals surface area contributed by atoms with Gasteiger partial charge in [0.05, 0.1) is 33.9 Å². The lowest BCUT2D eigenvalue weighted by molar-refractivity contribution is -0.144. The molecular weight excluding hydrogens is 941 g/mol. The van der Waals surface area contributed by atoms with Crippen LogP contribution in [-0.4, -0.2) is 102 Å². The summed E-state index contributed by atoms with van der Waals surface area (Å²) in [5, 5.41) is 79.2. The number of nitrogens with zero attached hydrogens (tertiary/aromatic N) is 12. The van der Waals surface area contributed by atoms with E-state index in [1.54, 1.807) is 20.8 Å². The fourth-order valence-corrected chi connectivity index (χ4v) is 8.75. The number of nitrogen functional groups attached to an aromatic ring is 2. The van der Waals surface area contributed by atoms with E-state index in [0.717, 1.165) is 23.5 Å². The molecule has 0 aliphatic rings. The molecule has 6 aromatic rings. The maximum Gasteiger partial charge on any atom is 0.335 e. The van der Waals surface area contributed by atoms with Gasteiger partial charge in [-0.2, -0.15) is 10.2 Å². The Labute approximate surface area is 388 Å². The summed E-state index contributed by atoms with van der Waals surface area (Å²) in [4.78, 5) is 71.0. The van der Waals surface area contributed by atoms with Crippen molar-refractivity contribution in [3.8, 4) is 22.9 Å². The number of rotatable bonds is 18. The lowest BCUT2D eigenvalue weighted by Crippen LogP contribution is -2.30. The summed E-state index contributed by atoms with van der Waals surface area (Å²) in [5.41, 5.74) is 12.1. The molecule has 67 heavy (non-hydrogen) atoms. The Morgan fingerprint density at radius 3 is 1.51 bits per heavy atom. The van der Waals surface area contributed by atoms with Crippen molar-refractivity contribution in [2.45, 2.75) is 67.9 Å². The average molecular weight is 977 g/mol. The van der Waals surface area contributed by atoms with Gasteiger partial charge in [-0.15, -0.1) is 40.9 Å². The SMILES string of the molecule is CC(C)(C)c1nn(-c2cc(OC=O)cc(C(=O)O)c2)c(N)c1N=Nc1nnc(SC(C(=O)O)C(C(=O)O)c2nnc(N=Nc3c(C(C)(C)C)nn(-c4cc(OC=O)cc(C(=O)O)c4)c3N)s2)s1. The van der Waals surface area contributed by atoms with Gasteiger partial charge in [-0.3, -0.25) is 19.2 Å². The van der Waals surface area contributed by atoms with Crippen LogP contribution in [-0.2, 0) is 30.0 Å². The lowest BCUT2D eigenvalue weighted by Gasteiger charge is -2.16. The van der Waals surface area contributed by atoms with E-state index in [0.29, 0.717) is 34.5 Å². The molecule has 26 nitrogen and oxygen atoms in total. The normalized spacial score (nSPS) is 12.9. The zero-order valence-electron chi connectivity index (χ0n) is 35.6. The summed E-state index contributed by atoms with van der Waals surface area (Å²) in [5.74, 6) is -7.88. The Hall–Kier alpha value is -8.05. The number of anilines is 2. The van der Waals surface area contributed by atoms with E-state index >= 15 is 0 Å². The zero-order chi connectivity index (χ0) is 49.1. The van der Waals surface area contributed by atoms with Crippen molar-refractivity contribution in [3.63, 3.8) is 0 Å². The Kier molecular flexibility index (Phi) is 13.9. The standard InChI is InChI=1S/C38H36N14O12S3/c1-37(2,3)25-22(27(39)51(49-25)17-7-15(30(55)56)9-19(11-17)63-13-53)41-44-34-46-43-29(66-34)21(32(59)60)24(33(61)62)65-36-48-47-35(67-36)45-42-23-26(38(4,5)6)50-52(28(23)40)18-8-16(31(57)58)10-20(12-18)64-14-54/h7-14,21,24H,39-40H2,1-6H3,(H,55,56)(H,57,58)(H,59,60)(H,61,62). The van der Waals surface area contributed by atoms with Gasteiger partial charge in [-0.1, -0.05) is 76.0 Å². The molecule has 8 N–H and O–H groups in total. The largest absolute Gasteiger partial charge is 0.481 e. The number of benzene rings is 2. The Balaban J connectivity index is 1.27. The van der Waals surface area contributed by atoms with E-state index in [1.165, 1.54) is 33.6 Å². The first-order valence-electron chi connectivity index (χ1n) is 18.9. The van der Waals surface area contributed by atoms with Crippen LogP contribution in [0.3, 0.4) is 0 Å². The molecule has 29 heteroatoms. The second-order valence-electron chi connectivity index (χ2n) is 15.8. The molecular formula is C38H36N14O12S3. The first kappa shape index (κ1) is 48.4. The second kappa shape index (κ2) is 19.2. The highest BCUT2D eigenvalue weighted by molar-refractivity contribution is 8.02. The number of azo groups is 2. The molecule has 0 saturated carbocycles. The number of nitrogens with two attached hydrogens (primary N) is 2. The number of aromatic carboxylic acids is 2.